The quantitative estimate of drug-likeness (QED) is 0.565. The van der Waals surface area contributed by atoms with Crippen LogP contribution in [0.5, 0.6) is 0 Å². The van der Waals surface area contributed by atoms with Crippen molar-refractivity contribution in [1.29, 1.82) is 0 Å². The highest BCUT2D eigenvalue weighted by Gasteiger charge is 2.20. The molecule has 1 aliphatic rings. The SMILES string of the molecule is O=C(COC(=O)CC(c1ccccc1)c1ccccc1)NC1CCCCCC1. The molecule has 1 saturated carbocycles. The van der Waals surface area contributed by atoms with Gasteiger partial charge in [-0.3, -0.25) is 9.59 Å². The molecule has 0 unspecified atom stereocenters. The monoisotopic (exact) mass is 379 g/mol. The fourth-order valence-electron chi connectivity index (χ4n) is 3.86. The zero-order valence-electron chi connectivity index (χ0n) is 16.3. The summed E-state index contributed by atoms with van der Waals surface area (Å²) in [4.78, 5) is 24.6. The first-order valence-electron chi connectivity index (χ1n) is 10.3. The normalized spacial score (nSPS) is 15.0. The number of rotatable bonds is 7. The number of esters is 1. The second kappa shape index (κ2) is 10.6. The van der Waals surface area contributed by atoms with Crippen LogP contribution in [0.2, 0.25) is 0 Å². The highest BCUT2D eigenvalue weighted by Crippen LogP contribution is 2.28. The van der Waals surface area contributed by atoms with Crippen molar-refractivity contribution >= 4 is 11.9 Å². The van der Waals surface area contributed by atoms with Gasteiger partial charge in [-0.2, -0.15) is 0 Å². The first kappa shape index (κ1) is 20.1. The Labute approximate surface area is 167 Å². The van der Waals surface area contributed by atoms with Crippen LogP contribution in [0.15, 0.2) is 60.7 Å². The van der Waals surface area contributed by atoms with Crippen molar-refractivity contribution in [3.63, 3.8) is 0 Å². The Morgan fingerprint density at radius 1 is 0.857 bits per heavy atom. The smallest absolute Gasteiger partial charge is 0.307 e. The molecule has 2 aromatic rings. The predicted molar refractivity (Wildman–Crippen MR) is 110 cm³/mol. The van der Waals surface area contributed by atoms with Gasteiger partial charge in [-0.15, -0.1) is 0 Å². The van der Waals surface area contributed by atoms with Crippen LogP contribution in [0.1, 0.15) is 62.0 Å². The summed E-state index contributed by atoms with van der Waals surface area (Å²) in [5.74, 6) is -0.634. The summed E-state index contributed by atoms with van der Waals surface area (Å²) in [5, 5.41) is 3.01. The topological polar surface area (TPSA) is 55.4 Å². The number of benzene rings is 2. The number of ether oxygens (including phenoxy) is 1. The van der Waals surface area contributed by atoms with E-state index in [1.807, 2.05) is 60.7 Å². The van der Waals surface area contributed by atoms with E-state index >= 15 is 0 Å². The Morgan fingerprint density at radius 2 is 1.39 bits per heavy atom. The molecular weight excluding hydrogens is 350 g/mol. The lowest BCUT2D eigenvalue weighted by atomic mass is 9.89. The summed E-state index contributed by atoms with van der Waals surface area (Å²) in [6.45, 7) is -0.203. The fourth-order valence-corrected chi connectivity index (χ4v) is 3.86. The van der Waals surface area contributed by atoms with Gasteiger partial charge < -0.3 is 10.1 Å². The molecule has 0 heterocycles. The van der Waals surface area contributed by atoms with E-state index in [9.17, 15) is 9.59 Å². The van der Waals surface area contributed by atoms with Crippen molar-refractivity contribution in [3.05, 3.63) is 71.8 Å². The minimum absolute atomic E-state index is 0.0835. The van der Waals surface area contributed by atoms with Crippen molar-refractivity contribution < 1.29 is 14.3 Å². The minimum atomic E-state index is -0.353. The van der Waals surface area contributed by atoms with E-state index < -0.39 is 0 Å². The van der Waals surface area contributed by atoms with E-state index in [4.69, 9.17) is 4.74 Å². The van der Waals surface area contributed by atoms with Crippen LogP contribution in [0.3, 0.4) is 0 Å². The molecule has 0 atom stereocenters. The Kier molecular flexibility index (Phi) is 7.65. The molecule has 1 N–H and O–H groups in total. The molecular formula is C24H29NO3. The molecule has 1 amide bonds. The van der Waals surface area contributed by atoms with Gasteiger partial charge >= 0.3 is 5.97 Å². The molecule has 28 heavy (non-hydrogen) atoms. The van der Waals surface area contributed by atoms with Gasteiger partial charge in [0.15, 0.2) is 6.61 Å². The highest BCUT2D eigenvalue weighted by atomic mass is 16.5. The average molecular weight is 380 g/mol. The van der Waals surface area contributed by atoms with Gasteiger partial charge in [0.25, 0.3) is 5.91 Å². The summed E-state index contributed by atoms with van der Waals surface area (Å²) < 4.78 is 5.30. The molecule has 4 heteroatoms. The summed E-state index contributed by atoms with van der Waals surface area (Å²) in [6.07, 6.45) is 7.03. The number of carbonyl (C=O) groups is 2. The Balaban J connectivity index is 1.54. The molecule has 0 aromatic heterocycles. The van der Waals surface area contributed by atoms with E-state index in [2.05, 4.69) is 5.32 Å². The van der Waals surface area contributed by atoms with Gasteiger partial charge in [-0.05, 0) is 24.0 Å². The number of hydrogen-bond acceptors (Lipinski definition) is 3. The maximum absolute atomic E-state index is 12.4. The van der Waals surface area contributed by atoms with Crippen LogP contribution < -0.4 is 5.32 Å². The molecule has 4 nitrogen and oxygen atoms in total. The van der Waals surface area contributed by atoms with Gasteiger partial charge in [0.1, 0.15) is 0 Å². The molecule has 0 aliphatic heterocycles. The highest BCUT2D eigenvalue weighted by molar-refractivity contribution is 5.81. The third kappa shape index (κ3) is 6.22. The first-order chi connectivity index (χ1) is 13.7. The summed E-state index contributed by atoms with van der Waals surface area (Å²) >= 11 is 0. The van der Waals surface area contributed by atoms with Crippen LogP contribution in [0, 0.1) is 0 Å². The molecule has 0 saturated heterocycles. The lowest BCUT2D eigenvalue weighted by Gasteiger charge is -2.18. The minimum Gasteiger partial charge on any atom is -0.456 e. The Morgan fingerprint density at radius 3 is 1.93 bits per heavy atom. The lowest BCUT2D eigenvalue weighted by molar-refractivity contribution is -0.149. The maximum Gasteiger partial charge on any atom is 0.307 e. The van der Waals surface area contributed by atoms with Crippen molar-refractivity contribution in [2.24, 2.45) is 0 Å². The van der Waals surface area contributed by atoms with Crippen molar-refractivity contribution in [2.45, 2.75) is 56.9 Å². The molecule has 2 aromatic carbocycles. The zero-order valence-corrected chi connectivity index (χ0v) is 16.3. The summed E-state index contributed by atoms with van der Waals surface area (Å²) in [6, 6.07) is 20.1. The first-order valence-corrected chi connectivity index (χ1v) is 10.3. The van der Waals surface area contributed by atoms with Crippen LogP contribution >= 0.6 is 0 Å². The maximum atomic E-state index is 12.4. The zero-order chi connectivity index (χ0) is 19.6. The average Bonchev–Trinajstić information content (AvgIpc) is 3.00. The van der Waals surface area contributed by atoms with Crippen molar-refractivity contribution in [3.8, 4) is 0 Å². The Bertz CT molecular complexity index is 697. The van der Waals surface area contributed by atoms with Crippen molar-refractivity contribution in [2.75, 3.05) is 6.61 Å². The second-order valence-electron chi connectivity index (χ2n) is 7.49. The van der Waals surface area contributed by atoms with Crippen LogP contribution in [-0.4, -0.2) is 24.5 Å². The molecule has 0 spiro atoms. The molecule has 0 radical (unpaired) electrons. The fraction of sp³-hybridized carbons (Fsp3) is 0.417. The Hall–Kier alpha value is -2.62. The molecule has 1 fully saturated rings. The third-order valence-corrected chi connectivity index (χ3v) is 5.36. The van der Waals surface area contributed by atoms with Gasteiger partial charge in [-0.1, -0.05) is 86.3 Å². The molecule has 0 bridgehead atoms. The van der Waals surface area contributed by atoms with E-state index in [1.54, 1.807) is 0 Å². The van der Waals surface area contributed by atoms with Crippen LogP contribution in [0.4, 0.5) is 0 Å². The number of carbonyl (C=O) groups excluding carboxylic acids is 2. The standard InChI is InChI=1S/C24H29NO3/c26-23(25-21-15-9-1-2-10-16-21)18-28-24(27)17-22(19-11-5-3-6-12-19)20-13-7-4-8-14-20/h3-8,11-14,21-22H,1-2,9-10,15-18H2,(H,25,26). The molecule has 3 rings (SSSR count). The lowest BCUT2D eigenvalue weighted by Crippen LogP contribution is -2.37. The van der Waals surface area contributed by atoms with E-state index in [0.29, 0.717) is 0 Å². The molecule has 1 aliphatic carbocycles. The summed E-state index contributed by atoms with van der Waals surface area (Å²) in [5.41, 5.74) is 2.13. The van der Waals surface area contributed by atoms with E-state index in [-0.39, 0.29) is 36.9 Å². The summed E-state index contributed by atoms with van der Waals surface area (Å²) in [7, 11) is 0. The van der Waals surface area contributed by atoms with Gasteiger partial charge in [0, 0.05) is 12.0 Å². The number of amides is 1. The number of nitrogens with one attached hydrogen (secondary N) is 1. The largest absolute Gasteiger partial charge is 0.456 e. The van der Waals surface area contributed by atoms with E-state index in [0.717, 1.165) is 36.8 Å². The predicted octanol–water partition coefficient (Wildman–Crippen LogP) is 4.59. The second-order valence-corrected chi connectivity index (χ2v) is 7.49. The van der Waals surface area contributed by atoms with Crippen LogP contribution in [0.25, 0.3) is 0 Å². The van der Waals surface area contributed by atoms with Crippen molar-refractivity contribution in [1.82, 2.24) is 5.32 Å². The van der Waals surface area contributed by atoms with Crippen LogP contribution in [-0.2, 0) is 14.3 Å². The third-order valence-electron chi connectivity index (χ3n) is 5.36. The number of hydrogen-bond donors (Lipinski definition) is 1. The van der Waals surface area contributed by atoms with Gasteiger partial charge in [0.05, 0.1) is 6.42 Å². The van der Waals surface area contributed by atoms with Gasteiger partial charge in [-0.25, -0.2) is 0 Å². The van der Waals surface area contributed by atoms with Gasteiger partial charge in [0.2, 0.25) is 0 Å². The van der Waals surface area contributed by atoms with E-state index in [1.165, 1.54) is 12.8 Å². The molecule has 148 valence electrons.